The summed E-state index contributed by atoms with van der Waals surface area (Å²) in [6.07, 6.45) is 0. The summed E-state index contributed by atoms with van der Waals surface area (Å²) >= 11 is 3.28. The Bertz CT molecular complexity index is 771. The van der Waals surface area contributed by atoms with E-state index in [2.05, 4.69) is 31.2 Å². The molecule has 1 unspecified atom stereocenters. The summed E-state index contributed by atoms with van der Waals surface area (Å²) in [5.74, 6) is 0.842. The Kier molecular flexibility index (Phi) is 2.94. The van der Waals surface area contributed by atoms with Crippen molar-refractivity contribution in [1.82, 2.24) is 9.97 Å². The van der Waals surface area contributed by atoms with Gasteiger partial charge in [-0.25, -0.2) is 4.79 Å². The zero-order valence-corrected chi connectivity index (χ0v) is 11.7. The number of fused-ring (bicyclic) bond motifs is 1. The molecular formula is C13H12BrN3O2. The molecule has 0 bridgehead atoms. The van der Waals surface area contributed by atoms with Gasteiger partial charge in [-0.05, 0) is 53.2 Å². The van der Waals surface area contributed by atoms with E-state index in [9.17, 15) is 4.79 Å². The highest BCUT2D eigenvalue weighted by atomic mass is 79.9. The first kappa shape index (κ1) is 12.1. The SMILES string of the molecule is CC(Nc1ccc2[nH]c(=O)[nH]c2c1)c1ccc(Br)o1. The third-order valence-electron chi connectivity index (χ3n) is 2.92. The molecule has 0 amide bonds. The van der Waals surface area contributed by atoms with E-state index in [0.29, 0.717) is 4.67 Å². The third kappa shape index (κ3) is 2.44. The van der Waals surface area contributed by atoms with E-state index in [1.54, 1.807) is 0 Å². The fourth-order valence-corrected chi connectivity index (χ4v) is 2.32. The second-order valence-electron chi connectivity index (χ2n) is 4.35. The molecule has 0 aliphatic rings. The maximum Gasteiger partial charge on any atom is 0.323 e. The normalized spacial score (nSPS) is 12.7. The molecule has 0 spiro atoms. The quantitative estimate of drug-likeness (QED) is 0.692. The van der Waals surface area contributed by atoms with Gasteiger partial charge in [-0.2, -0.15) is 0 Å². The molecule has 98 valence electrons. The van der Waals surface area contributed by atoms with Crippen LogP contribution in [0.2, 0.25) is 0 Å². The second kappa shape index (κ2) is 4.62. The van der Waals surface area contributed by atoms with Crippen LogP contribution in [-0.4, -0.2) is 9.97 Å². The zero-order valence-electron chi connectivity index (χ0n) is 10.2. The van der Waals surface area contributed by atoms with Crippen LogP contribution in [0.4, 0.5) is 5.69 Å². The minimum atomic E-state index is -0.199. The van der Waals surface area contributed by atoms with Gasteiger partial charge in [0.1, 0.15) is 5.76 Å². The van der Waals surface area contributed by atoms with Crippen molar-refractivity contribution in [1.29, 1.82) is 0 Å². The van der Waals surface area contributed by atoms with Crippen LogP contribution in [0.1, 0.15) is 18.7 Å². The van der Waals surface area contributed by atoms with Crippen LogP contribution < -0.4 is 11.0 Å². The van der Waals surface area contributed by atoms with Crippen LogP contribution in [0.3, 0.4) is 0 Å². The number of hydrogen-bond donors (Lipinski definition) is 3. The number of aromatic amines is 2. The number of rotatable bonds is 3. The van der Waals surface area contributed by atoms with Crippen molar-refractivity contribution in [3.8, 4) is 0 Å². The van der Waals surface area contributed by atoms with E-state index >= 15 is 0 Å². The summed E-state index contributed by atoms with van der Waals surface area (Å²) in [6.45, 7) is 2.01. The molecule has 0 saturated heterocycles. The van der Waals surface area contributed by atoms with E-state index in [1.807, 2.05) is 37.3 Å². The van der Waals surface area contributed by atoms with E-state index in [-0.39, 0.29) is 11.7 Å². The number of imidazole rings is 1. The van der Waals surface area contributed by atoms with Crippen molar-refractivity contribution in [3.63, 3.8) is 0 Å². The van der Waals surface area contributed by atoms with Crippen LogP contribution in [0.15, 0.2) is 44.2 Å². The lowest BCUT2D eigenvalue weighted by Crippen LogP contribution is -2.05. The standard InChI is InChI=1S/C13H12BrN3O2/c1-7(11-4-5-12(14)19-11)15-8-2-3-9-10(6-8)17-13(18)16-9/h2-7,15H,1H3,(H2,16,17,18). The summed E-state index contributed by atoms with van der Waals surface area (Å²) in [5, 5.41) is 3.32. The average molecular weight is 322 g/mol. The Labute approximate surface area is 117 Å². The number of aromatic nitrogens is 2. The largest absolute Gasteiger partial charge is 0.452 e. The molecule has 6 heteroatoms. The van der Waals surface area contributed by atoms with Crippen LogP contribution in [0.25, 0.3) is 11.0 Å². The van der Waals surface area contributed by atoms with Crippen molar-refractivity contribution in [2.75, 3.05) is 5.32 Å². The lowest BCUT2D eigenvalue weighted by atomic mass is 10.2. The highest BCUT2D eigenvalue weighted by molar-refractivity contribution is 9.10. The molecule has 2 aromatic heterocycles. The van der Waals surface area contributed by atoms with Crippen LogP contribution in [0, 0.1) is 0 Å². The van der Waals surface area contributed by atoms with Gasteiger partial charge in [0.15, 0.2) is 4.67 Å². The molecule has 1 aromatic carbocycles. The molecule has 19 heavy (non-hydrogen) atoms. The highest BCUT2D eigenvalue weighted by Gasteiger charge is 2.10. The predicted molar refractivity (Wildman–Crippen MR) is 77.4 cm³/mol. The van der Waals surface area contributed by atoms with Crippen molar-refractivity contribution >= 4 is 32.7 Å². The number of furan rings is 1. The van der Waals surface area contributed by atoms with Gasteiger partial charge in [-0.3, -0.25) is 0 Å². The first-order valence-electron chi connectivity index (χ1n) is 5.85. The van der Waals surface area contributed by atoms with E-state index in [1.165, 1.54) is 0 Å². The number of benzene rings is 1. The topological polar surface area (TPSA) is 73.8 Å². The molecule has 0 aliphatic carbocycles. The third-order valence-corrected chi connectivity index (χ3v) is 3.35. The fraction of sp³-hybridized carbons (Fsp3) is 0.154. The van der Waals surface area contributed by atoms with Gasteiger partial charge in [0.25, 0.3) is 0 Å². The minimum absolute atomic E-state index is 0.0365. The Morgan fingerprint density at radius 3 is 2.74 bits per heavy atom. The summed E-state index contributed by atoms with van der Waals surface area (Å²) < 4.78 is 6.21. The molecule has 0 saturated carbocycles. The Hall–Kier alpha value is -1.95. The number of nitrogens with one attached hydrogen (secondary N) is 3. The monoisotopic (exact) mass is 321 g/mol. The number of hydrogen-bond acceptors (Lipinski definition) is 3. The smallest absolute Gasteiger partial charge is 0.323 e. The van der Waals surface area contributed by atoms with E-state index in [4.69, 9.17) is 4.42 Å². The number of H-pyrrole nitrogens is 2. The second-order valence-corrected chi connectivity index (χ2v) is 5.13. The maximum atomic E-state index is 11.2. The molecule has 3 aromatic rings. The van der Waals surface area contributed by atoms with Gasteiger partial charge in [0.2, 0.25) is 0 Å². The van der Waals surface area contributed by atoms with Crippen molar-refractivity contribution in [3.05, 3.63) is 51.2 Å². The summed E-state index contributed by atoms with van der Waals surface area (Å²) in [4.78, 5) is 16.6. The van der Waals surface area contributed by atoms with Gasteiger partial charge in [-0.1, -0.05) is 0 Å². The average Bonchev–Trinajstić information content (AvgIpc) is 2.93. The molecular weight excluding hydrogens is 310 g/mol. The molecule has 2 heterocycles. The van der Waals surface area contributed by atoms with Crippen LogP contribution in [-0.2, 0) is 0 Å². The summed E-state index contributed by atoms with van der Waals surface area (Å²) in [7, 11) is 0. The minimum Gasteiger partial charge on any atom is -0.452 e. The first-order chi connectivity index (χ1) is 9.11. The Balaban J connectivity index is 1.86. The maximum absolute atomic E-state index is 11.2. The Morgan fingerprint density at radius 1 is 1.21 bits per heavy atom. The molecule has 0 fully saturated rings. The molecule has 3 N–H and O–H groups in total. The van der Waals surface area contributed by atoms with E-state index < -0.39 is 0 Å². The molecule has 5 nitrogen and oxygen atoms in total. The number of halogens is 1. The zero-order chi connectivity index (χ0) is 13.4. The van der Waals surface area contributed by atoms with Crippen molar-refractivity contribution in [2.24, 2.45) is 0 Å². The lowest BCUT2D eigenvalue weighted by molar-refractivity contribution is 0.471. The van der Waals surface area contributed by atoms with Gasteiger partial charge < -0.3 is 19.7 Å². The molecule has 1 atom stereocenters. The Morgan fingerprint density at radius 2 is 2.00 bits per heavy atom. The van der Waals surface area contributed by atoms with Gasteiger partial charge in [-0.15, -0.1) is 0 Å². The lowest BCUT2D eigenvalue weighted by Gasteiger charge is -2.12. The van der Waals surface area contributed by atoms with Gasteiger partial charge in [0.05, 0.1) is 17.1 Å². The van der Waals surface area contributed by atoms with Gasteiger partial charge >= 0.3 is 5.69 Å². The predicted octanol–water partition coefficient (Wildman–Crippen LogP) is 3.38. The fourth-order valence-electron chi connectivity index (χ4n) is 2.00. The summed E-state index contributed by atoms with van der Waals surface area (Å²) in [5.41, 5.74) is 2.30. The molecule has 0 radical (unpaired) electrons. The van der Waals surface area contributed by atoms with E-state index in [0.717, 1.165) is 22.5 Å². The van der Waals surface area contributed by atoms with Crippen LogP contribution >= 0.6 is 15.9 Å². The summed E-state index contributed by atoms with van der Waals surface area (Å²) in [6, 6.07) is 9.48. The van der Waals surface area contributed by atoms with Gasteiger partial charge in [0, 0.05) is 5.69 Å². The van der Waals surface area contributed by atoms with Crippen molar-refractivity contribution < 1.29 is 4.42 Å². The highest BCUT2D eigenvalue weighted by Crippen LogP contribution is 2.24. The first-order valence-corrected chi connectivity index (χ1v) is 6.65. The molecule has 0 aliphatic heterocycles. The number of anilines is 1. The van der Waals surface area contributed by atoms with Crippen LogP contribution in [0.5, 0.6) is 0 Å². The van der Waals surface area contributed by atoms with Crippen molar-refractivity contribution in [2.45, 2.75) is 13.0 Å². The molecule has 3 rings (SSSR count).